The minimum absolute atomic E-state index is 0.0840. The molecule has 1 aliphatic rings. The summed E-state index contributed by atoms with van der Waals surface area (Å²) in [6.07, 6.45) is 0.154. The van der Waals surface area contributed by atoms with Crippen molar-refractivity contribution in [1.29, 1.82) is 0 Å². The Morgan fingerprint density at radius 3 is 2.59 bits per heavy atom. The fraction of sp³-hybridized carbons (Fsp3) is 0.231. The molecular formula is C26H26ClN3O4. The van der Waals surface area contributed by atoms with Gasteiger partial charge in [-0.2, -0.15) is 0 Å². The Kier molecular flexibility index (Phi) is 7.54. The van der Waals surface area contributed by atoms with E-state index in [9.17, 15) is 9.59 Å². The van der Waals surface area contributed by atoms with Crippen LogP contribution < -0.4 is 25.2 Å². The highest BCUT2D eigenvalue weighted by atomic mass is 35.5. The summed E-state index contributed by atoms with van der Waals surface area (Å²) in [5, 5.41) is 0.648. The molecule has 176 valence electrons. The molecule has 0 unspecified atom stereocenters. The van der Waals surface area contributed by atoms with Crippen molar-refractivity contribution < 1.29 is 19.1 Å². The topological polar surface area (TPSA) is 79.9 Å². The molecule has 0 bridgehead atoms. The molecule has 0 radical (unpaired) electrons. The number of ether oxygens (including phenoxy) is 2. The lowest BCUT2D eigenvalue weighted by atomic mass is 10.1. The van der Waals surface area contributed by atoms with Gasteiger partial charge in [0, 0.05) is 35.3 Å². The van der Waals surface area contributed by atoms with Crippen molar-refractivity contribution in [3.63, 3.8) is 0 Å². The quantitative estimate of drug-likeness (QED) is 0.430. The number of hydrogen-bond acceptors (Lipinski definition) is 5. The average molecular weight is 480 g/mol. The van der Waals surface area contributed by atoms with Gasteiger partial charge in [-0.05, 0) is 49.4 Å². The largest absolute Gasteiger partial charge is 0.494 e. The zero-order valence-corrected chi connectivity index (χ0v) is 19.5. The minimum Gasteiger partial charge on any atom is -0.494 e. The SMILES string of the molecule is CCOc1ccc(N2C[C@H](C(=O)NNc3cccc(OCc4ccccc4Cl)c3)CC2=O)cc1. The molecular weight excluding hydrogens is 454 g/mol. The molecule has 0 saturated carbocycles. The van der Waals surface area contributed by atoms with E-state index in [2.05, 4.69) is 10.9 Å². The van der Waals surface area contributed by atoms with Gasteiger partial charge in [0.25, 0.3) is 0 Å². The molecule has 4 rings (SSSR count). The third kappa shape index (κ3) is 5.80. The second kappa shape index (κ2) is 10.9. The van der Waals surface area contributed by atoms with Crippen LogP contribution in [0.4, 0.5) is 11.4 Å². The summed E-state index contributed by atoms with van der Waals surface area (Å²) in [6, 6.07) is 22.0. The van der Waals surface area contributed by atoms with Crippen molar-refractivity contribution in [2.24, 2.45) is 5.92 Å². The van der Waals surface area contributed by atoms with E-state index in [4.69, 9.17) is 21.1 Å². The van der Waals surface area contributed by atoms with Crippen LogP contribution in [0.3, 0.4) is 0 Å². The van der Waals surface area contributed by atoms with Gasteiger partial charge in [-0.1, -0.05) is 35.9 Å². The number of benzene rings is 3. The fourth-order valence-electron chi connectivity index (χ4n) is 3.70. The maximum absolute atomic E-state index is 12.7. The summed E-state index contributed by atoms with van der Waals surface area (Å²) in [6.45, 7) is 3.15. The monoisotopic (exact) mass is 479 g/mol. The molecule has 3 aromatic rings. The molecule has 34 heavy (non-hydrogen) atoms. The minimum atomic E-state index is -0.453. The summed E-state index contributed by atoms with van der Waals surface area (Å²) in [5.74, 6) is 0.598. The van der Waals surface area contributed by atoms with Crippen molar-refractivity contribution in [1.82, 2.24) is 5.43 Å². The summed E-state index contributed by atoms with van der Waals surface area (Å²) >= 11 is 6.17. The van der Waals surface area contributed by atoms with Crippen LogP contribution in [0.15, 0.2) is 72.8 Å². The van der Waals surface area contributed by atoms with Gasteiger partial charge in [0.1, 0.15) is 18.1 Å². The molecule has 0 aromatic heterocycles. The summed E-state index contributed by atoms with van der Waals surface area (Å²) in [4.78, 5) is 26.8. The van der Waals surface area contributed by atoms with E-state index in [0.717, 1.165) is 17.0 Å². The van der Waals surface area contributed by atoms with Crippen LogP contribution in [0.5, 0.6) is 11.5 Å². The Hall–Kier alpha value is -3.71. The number of carbonyl (C=O) groups is 2. The van der Waals surface area contributed by atoms with E-state index in [1.54, 1.807) is 11.0 Å². The highest BCUT2D eigenvalue weighted by Gasteiger charge is 2.35. The van der Waals surface area contributed by atoms with Crippen LogP contribution in [0.25, 0.3) is 0 Å². The maximum atomic E-state index is 12.7. The number of hydrazine groups is 1. The first-order valence-electron chi connectivity index (χ1n) is 11.1. The predicted octanol–water partition coefficient (Wildman–Crippen LogP) is 4.81. The number of rotatable bonds is 9. The third-order valence-corrected chi connectivity index (χ3v) is 5.84. The summed E-state index contributed by atoms with van der Waals surface area (Å²) in [5.41, 5.74) is 7.92. The van der Waals surface area contributed by atoms with Gasteiger partial charge in [0.05, 0.1) is 18.2 Å². The Morgan fingerprint density at radius 2 is 1.82 bits per heavy atom. The number of carbonyl (C=O) groups excluding carboxylic acids is 2. The number of anilines is 2. The molecule has 1 saturated heterocycles. The number of nitrogens with zero attached hydrogens (tertiary/aromatic N) is 1. The van der Waals surface area contributed by atoms with Gasteiger partial charge in [0.2, 0.25) is 11.8 Å². The molecule has 7 nitrogen and oxygen atoms in total. The first-order chi connectivity index (χ1) is 16.5. The molecule has 1 heterocycles. The Bertz CT molecular complexity index is 1150. The van der Waals surface area contributed by atoms with Crippen LogP contribution in [-0.2, 0) is 16.2 Å². The molecule has 1 atom stereocenters. The Morgan fingerprint density at radius 1 is 1.03 bits per heavy atom. The zero-order valence-electron chi connectivity index (χ0n) is 18.8. The number of hydrogen-bond donors (Lipinski definition) is 2. The van der Waals surface area contributed by atoms with Gasteiger partial charge >= 0.3 is 0 Å². The molecule has 1 fully saturated rings. The summed E-state index contributed by atoms with van der Waals surface area (Å²) in [7, 11) is 0. The smallest absolute Gasteiger partial charge is 0.243 e. The van der Waals surface area contributed by atoms with E-state index < -0.39 is 5.92 Å². The van der Waals surface area contributed by atoms with Crippen LogP contribution >= 0.6 is 11.6 Å². The predicted molar refractivity (Wildman–Crippen MR) is 132 cm³/mol. The number of halogens is 1. The maximum Gasteiger partial charge on any atom is 0.243 e. The lowest BCUT2D eigenvalue weighted by Gasteiger charge is -2.17. The highest BCUT2D eigenvalue weighted by Crippen LogP contribution is 2.27. The van der Waals surface area contributed by atoms with E-state index >= 15 is 0 Å². The van der Waals surface area contributed by atoms with Crippen LogP contribution in [-0.4, -0.2) is 25.0 Å². The second-order valence-corrected chi connectivity index (χ2v) is 8.26. The Balaban J connectivity index is 1.30. The summed E-state index contributed by atoms with van der Waals surface area (Å²) < 4.78 is 11.3. The van der Waals surface area contributed by atoms with Crippen molar-refractivity contribution in [2.45, 2.75) is 20.0 Å². The molecule has 1 aliphatic heterocycles. The fourth-order valence-corrected chi connectivity index (χ4v) is 3.89. The number of nitrogens with one attached hydrogen (secondary N) is 2. The van der Waals surface area contributed by atoms with E-state index in [-0.39, 0.29) is 18.2 Å². The molecule has 0 aliphatic carbocycles. The van der Waals surface area contributed by atoms with Crippen molar-refractivity contribution in [3.8, 4) is 11.5 Å². The zero-order chi connectivity index (χ0) is 23.9. The van der Waals surface area contributed by atoms with Crippen molar-refractivity contribution in [2.75, 3.05) is 23.5 Å². The third-order valence-electron chi connectivity index (χ3n) is 5.47. The lowest BCUT2D eigenvalue weighted by molar-refractivity contribution is -0.125. The van der Waals surface area contributed by atoms with Crippen molar-refractivity contribution >= 4 is 34.8 Å². The molecule has 8 heteroatoms. The molecule has 0 spiro atoms. The molecule has 3 aromatic carbocycles. The molecule has 2 amide bonds. The van der Waals surface area contributed by atoms with E-state index in [0.29, 0.717) is 36.2 Å². The van der Waals surface area contributed by atoms with Crippen LogP contribution in [0.1, 0.15) is 18.9 Å². The van der Waals surface area contributed by atoms with Gasteiger partial charge in [0.15, 0.2) is 0 Å². The van der Waals surface area contributed by atoms with Crippen LogP contribution in [0.2, 0.25) is 5.02 Å². The van der Waals surface area contributed by atoms with E-state index in [1.165, 1.54) is 0 Å². The first kappa shape index (κ1) is 23.4. The van der Waals surface area contributed by atoms with Gasteiger partial charge in [-0.15, -0.1) is 0 Å². The lowest BCUT2D eigenvalue weighted by Crippen LogP contribution is -2.36. The van der Waals surface area contributed by atoms with E-state index in [1.807, 2.05) is 73.7 Å². The standard InChI is InChI=1S/C26H26ClN3O4/c1-2-33-22-12-10-21(11-13-22)30-16-19(14-25(30)31)26(32)29-28-20-7-5-8-23(15-20)34-17-18-6-3-4-9-24(18)27/h3-13,15,19,28H,2,14,16-17H2,1H3,(H,29,32)/t19-/m1/s1. The van der Waals surface area contributed by atoms with Gasteiger partial charge in [-0.3, -0.25) is 20.4 Å². The van der Waals surface area contributed by atoms with Gasteiger partial charge in [-0.25, -0.2) is 0 Å². The average Bonchev–Trinajstić information content (AvgIpc) is 3.25. The number of amides is 2. The van der Waals surface area contributed by atoms with Crippen molar-refractivity contribution in [3.05, 3.63) is 83.4 Å². The highest BCUT2D eigenvalue weighted by molar-refractivity contribution is 6.31. The van der Waals surface area contributed by atoms with Gasteiger partial charge < -0.3 is 14.4 Å². The normalized spacial score (nSPS) is 15.2. The molecule has 2 N–H and O–H groups in total. The second-order valence-electron chi connectivity index (χ2n) is 7.85. The first-order valence-corrected chi connectivity index (χ1v) is 11.5. The Labute approximate surface area is 203 Å². The van der Waals surface area contributed by atoms with Crippen LogP contribution in [0, 0.1) is 5.92 Å².